The lowest BCUT2D eigenvalue weighted by molar-refractivity contribution is -0.138. The summed E-state index contributed by atoms with van der Waals surface area (Å²) in [5.41, 5.74) is 0.536. The second kappa shape index (κ2) is 7.94. The summed E-state index contributed by atoms with van der Waals surface area (Å²) in [6.45, 7) is 0.621. The summed E-state index contributed by atoms with van der Waals surface area (Å²) >= 11 is 0. The fourth-order valence-electron chi connectivity index (χ4n) is 3.12. The Morgan fingerprint density at radius 1 is 1.22 bits per heavy atom. The first kappa shape index (κ1) is 17.1. The Bertz CT molecular complexity index is 885. The number of carbonyl (C=O) groups is 1. The highest BCUT2D eigenvalue weighted by Crippen LogP contribution is 2.31. The summed E-state index contributed by atoms with van der Waals surface area (Å²) in [6, 6.07) is 9.05. The van der Waals surface area contributed by atoms with Crippen molar-refractivity contribution in [3.8, 4) is 17.3 Å². The SMILES string of the molecule is O=C(COc1ccccc1)N1CCCC[C@H]1c1nc(-c2cnccn2)no1. The van der Waals surface area contributed by atoms with Gasteiger partial charge in [0.15, 0.2) is 6.61 Å². The maximum Gasteiger partial charge on any atom is 0.261 e. The quantitative estimate of drug-likeness (QED) is 0.686. The van der Waals surface area contributed by atoms with Crippen molar-refractivity contribution in [1.29, 1.82) is 0 Å². The third-order valence-corrected chi connectivity index (χ3v) is 4.45. The highest BCUT2D eigenvalue weighted by Gasteiger charge is 2.32. The molecule has 138 valence electrons. The predicted octanol–water partition coefficient (Wildman–Crippen LogP) is 2.66. The molecular weight excluding hydrogens is 346 g/mol. The van der Waals surface area contributed by atoms with Gasteiger partial charge in [-0.15, -0.1) is 0 Å². The number of hydrogen-bond donors (Lipinski definition) is 0. The standard InChI is InChI=1S/C19H19N5O3/c25-17(13-26-14-6-2-1-3-7-14)24-11-5-4-8-16(24)19-22-18(23-27-19)15-12-20-9-10-21-15/h1-3,6-7,9-10,12,16H,4-5,8,11,13H2/t16-/m0/s1. The maximum absolute atomic E-state index is 12.7. The summed E-state index contributed by atoms with van der Waals surface area (Å²) in [6.07, 6.45) is 7.45. The van der Waals surface area contributed by atoms with Gasteiger partial charge in [-0.2, -0.15) is 4.98 Å². The number of hydrogen-bond acceptors (Lipinski definition) is 7. The monoisotopic (exact) mass is 365 g/mol. The van der Waals surface area contributed by atoms with Gasteiger partial charge >= 0.3 is 0 Å². The first-order valence-electron chi connectivity index (χ1n) is 8.88. The first-order valence-corrected chi connectivity index (χ1v) is 8.88. The van der Waals surface area contributed by atoms with Gasteiger partial charge in [-0.05, 0) is 31.4 Å². The molecule has 8 nitrogen and oxygen atoms in total. The Morgan fingerprint density at radius 3 is 2.93 bits per heavy atom. The van der Waals surface area contributed by atoms with Gasteiger partial charge in [-0.25, -0.2) is 4.98 Å². The van der Waals surface area contributed by atoms with Crippen LogP contribution in [0.1, 0.15) is 31.2 Å². The van der Waals surface area contributed by atoms with Crippen molar-refractivity contribution >= 4 is 5.91 Å². The van der Waals surface area contributed by atoms with E-state index in [1.807, 2.05) is 30.3 Å². The minimum Gasteiger partial charge on any atom is -0.484 e. The third-order valence-electron chi connectivity index (χ3n) is 4.45. The van der Waals surface area contributed by atoms with Gasteiger partial charge in [0.2, 0.25) is 11.7 Å². The van der Waals surface area contributed by atoms with Gasteiger partial charge in [0.05, 0.1) is 6.20 Å². The minimum atomic E-state index is -0.247. The van der Waals surface area contributed by atoms with Crippen LogP contribution in [0.2, 0.25) is 0 Å². The number of carbonyl (C=O) groups excluding carboxylic acids is 1. The van der Waals surface area contributed by atoms with Gasteiger partial charge in [0, 0.05) is 18.9 Å². The second-order valence-electron chi connectivity index (χ2n) is 6.25. The lowest BCUT2D eigenvalue weighted by Gasteiger charge is -2.33. The molecule has 0 radical (unpaired) electrons. The number of benzene rings is 1. The fraction of sp³-hybridized carbons (Fsp3) is 0.316. The number of aromatic nitrogens is 4. The summed E-state index contributed by atoms with van der Waals surface area (Å²) in [4.78, 5) is 27.1. The lowest BCUT2D eigenvalue weighted by Crippen LogP contribution is -2.41. The molecule has 0 spiro atoms. The zero-order chi connectivity index (χ0) is 18.5. The molecular formula is C19H19N5O3. The van der Waals surface area contributed by atoms with Crippen molar-refractivity contribution in [2.24, 2.45) is 0 Å². The van der Waals surface area contributed by atoms with Crippen LogP contribution in [0, 0.1) is 0 Å². The van der Waals surface area contributed by atoms with Crippen LogP contribution in [-0.4, -0.2) is 44.1 Å². The van der Waals surface area contributed by atoms with Crippen LogP contribution in [0.15, 0.2) is 53.4 Å². The molecule has 1 aliphatic heterocycles. The molecule has 27 heavy (non-hydrogen) atoms. The molecule has 0 aliphatic carbocycles. The number of nitrogens with zero attached hydrogens (tertiary/aromatic N) is 5. The number of piperidine rings is 1. The topological polar surface area (TPSA) is 94.2 Å². The van der Waals surface area contributed by atoms with Crippen molar-refractivity contribution in [2.75, 3.05) is 13.2 Å². The molecule has 4 rings (SSSR count). The third kappa shape index (κ3) is 3.94. The molecule has 0 bridgehead atoms. The molecule has 3 aromatic rings. The summed E-state index contributed by atoms with van der Waals surface area (Å²) < 4.78 is 11.0. The van der Waals surface area contributed by atoms with Crippen molar-refractivity contribution in [2.45, 2.75) is 25.3 Å². The number of amides is 1. The molecule has 1 fully saturated rings. The summed E-state index contributed by atoms with van der Waals surface area (Å²) in [5, 5.41) is 3.99. The minimum absolute atomic E-state index is 0.0222. The Labute approximate surface area is 156 Å². The molecule has 1 aliphatic rings. The van der Waals surface area contributed by atoms with Crippen molar-refractivity contribution in [3.63, 3.8) is 0 Å². The number of likely N-dealkylation sites (tertiary alicyclic amines) is 1. The highest BCUT2D eigenvalue weighted by atomic mass is 16.5. The molecule has 0 saturated carbocycles. The van der Waals surface area contributed by atoms with E-state index in [-0.39, 0.29) is 18.6 Å². The Balaban J connectivity index is 1.47. The van der Waals surface area contributed by atoms with E-state index in [0.717, 1.165) is 19.3 Å². The van der Waals surface area contributed by atoms with Crippen LogP contribution in [0.5, 0.6) is 5.75 Å². The molecule has 1 amide bonds. The number of para-hydroxylation sites is 1. The van der Waals surface area contributed by atoms with E-state index in [2.05, 4.69) is 20.1 Å². The zero-order valence-electron chi connectivity index (χ0n) is 14.7. The molecule has 0 unspecified atom stereocenters. The molecule has 2 aromatic heterocycles. The Hall–Kier alpha value is -3.29. The van der Waals surface area contributed by atoms with E-state index < -0.39 is 0 Å². The molecule has 1 saturated heterocycles. The van der Waals surface area contributed by atoms with Crippen LogP contribution in [0.4, 0.5) is 0 Å². The van der Waals surface area contributed by atoms with Gasteiger partial charge in [-0.1, -0.05) is 23.4 Å². The smallest absolute Gasteiger partial charge is 0.261 e. The predicted molar refractivity (Wildman–Crippen MR) is 95.6 cm³/mol. The fourth-order valence-corrected chi connectivity index (χ4v) is 3.12. The van der Waals surface area contributed by atoms with Gasteiger partial charge in [-0.3, -0.25) is 9.78 Å². The second-order valence-corrected chi connectivity index (χ2v) is 6.25. The molecule has 1 aromatic carbocycles. The van der Waals surface area contributed by atoms with Gasteiger partial charge in [0.25, 0.3) is 5.91 Å². The van der Waals surface area contributed by atoms with E-state index in [0.29, 0.717) is 29.7 Å². The summed E-state index contributed by atoms with van der Waals surface area (Å²) in [5.74, 6) is 1.37. The van der Waals surface area contributed by atoms with E-state index in [4.69, 9.17) is 9.26 Å². The van der Waals surface area contributed by atoms with Crippen LogP contribution in [0.3, 0.4) is 0 Å². The molecule has 1 atom stereocenters. The lowest BCUT2D eigenvalue weighted by atomic mass is 10.0. The highest BCUT2D eigenvalue weighted by molar-refractivity contribution is 5.78. The average molecular weight is 365 g/mol. The molecule has 3 heterocycles. The summed E-state index contributed by atoms with van der Waals surface area (Å²) in [7, 11) is 0. The first-order chi connectivity index (χ1) is 13.3. The van der Waals surface area contributed by atoms with Crippen molar-refractivity contribution in [1.82, 2.24) is 25.0 Å². The van der Waals surface area contributed by atoms with Crippen molar-refractivity contribution in [3.05, 3.63) is 54.8 Å². The van der Waals surface area contributed by atoms with E-state index >= 15 is 0 Å². The van der Waals surface area contributed by atoms with Crippen molar-refractivity contribution < 1.29 is 14.1 Å². The van der Waals surface area contributed by atoms with Gasteiger partial charge < -0.3 is 14.2 Å². The van der Waals surface area contributed by atoms with Gasteiger partial charge in [0.1, 0.15) is 17.5 Å². The normalized spacial score (nSPS) is 16.9. The molecule has 8 heteroatoms. The Morgan fingerprint density at radius 2 is 2.11 bits per heavy atom. The average Bonchev–Trinajstić information content (AvgIpc) is 3.23. The number of ether oxygens (including phenoxy) is 1. The van der Waals surface area contributed by atoms with Crippen LogP contribution >= 0.6 is 0 Å². The van der Waals surface area contributed by atoms with E-state index in [1.54, 1.807) is 23.5 Å². The van der Waals surface area contributed by atoms with E-state index in [1.165, 1.54) is 0 Å². The molecule has 0 N–H and O–H groups in total. The van der Waals surface area contributed by atoms with Crippen LogP contribution in [-0.2, 0) is 4.79 Å². The van der Waals surface area contributed by atoms with Crippen LogP contribution < -0.4 is 4.74 Å². The van der Waals surface area contributed by atoms with Crippen LogP contribution in [0.25, 0.3) is 11.5 Å². The number of rotatable bonds is 5. The zero-order valence-corrected chi connectivity index (χ0v) is 14.7. The largest absolute Gasteiger partial charge is 0.484 e. The van der Waals surface area contributed by atoms with E-state index in [9.17, 15) is 4.79 Å². The Kier molecular flexibility index (Phi) is 5.04. The maximum atomic E-state index is 12.7.